The highest BCUT2D eigenvalue weighted by Gasteiger charge is 2.06. The summed E-state index contributed by atoms with van der Waals surface area (Å²) in [5.74, 6) is 1.82. The van der Waals surface area contributed by atoms with Crippen LogP contribution in [0.4, 0.5) is 0 Å². The van der Waals surface area contributed by atoms with Crippen LogP contribution in [-0.4, -0.2) is 44.8 Å². The third-order valence-corrected chi connectivity index (χ3v) is 4.32. The van der Waals surface area contributed by atoms with E-state index in [0.29, 0.717) is 42.3 Å². The Morgan fingerprint density at radius 1 is 0.733 bits per heavy atom. The van der Waals surface area contributed by atoms with Crippen molar-refractivity contribution in [2.24, 2.45) is 0 Å². The monoisotopic (exact) mass is 438 g/mol. The van der Waals surface area contributed by atoms with Crippen molar-refractivity contribution in [3.63, 3.8) is 0 Å². The fourth-order valence-electron chi connectivity index (χ4n) is 2.57. The Kier molecular flexibility index (Phi) is 11.1. The second-order valence-corrected chi connectivity index (χ2v) is 6.55. The van der Waals surface area contributed by atoms with Gasteiger partial charge < -0.3 is 24.1 Å². The van der Waals surface area contributed by atoms with Crippen LogP contribution in [0.2, 0.25) is 0 Å². The van der Waals surface area contributed by atoms with Gasteiger partial charge in [0, 0.05) is 12.8 Å². The molecule has 8 heteroatoms. The zero-order valence-electron chi connectivity index (χ0n) is 17.6. The molecule has 30 heavy (non-hydrogen) atoms. The molecule has 7 nitrogen and oxygen atoms in total. The highest BCUT2D eigenvalue weighted by Crippen LogP contribution is 2.28. The molecule has 0 radical (unpaired) electrons. The van der Waals surface area contributed by atoms with Crippen molar-refractivity contribution in [1.29, 1.82) is 0 Å². The zero-order chi connectivity index (χ0) is 22.5. The van der Waals surface area contributed by atoms with Gasteiger partial charge in [-0.2, -0.15) is 0 Å². The molecule has 0 aliphatic carbocycles. The number of benzene rings is 2. The van der Waals surface area contributed by atoms with Crippen LogP contribution in [0.3, 0.4) is 0 Å². The molecular weight excluding hydrogens is 412 g/mol. The molecule has 0 atom stereocenters. The smallest absolute Gasteiger partial charge is 0.303 e. The van der Waals surface area contributed by atoms with E-state index >= 15 is 0 Å². The molecular formula is C22H27ClO7. The predicted octanol–water partition coefficient (Wildman–Crippen LogP) is 4.12. The van der Waals surface area contributed by atoms with E-state index in [1.807, 2.05) is 24.3 Å². The second kappa shape index (κ2) is 13.3. The summed E-state index contributed by atoms with van der Waals surface area (Å²) in [5, 5.41) is 8.22. The van der Waals surface area contributed by atoms with E-state index in [0.717, 1.165) is 11.1 Å². The lowest BCUT2D eigenvalue weighted by atomic mass is 10.1. The molecule has 0 saturated carbocycles. The summed E-state index contributed by atoms with van der Waals surface area (Å²) in [6, 6.07) is 11.0. The van der Waals surface area contributed by atoms with Crippen LogP contribution in [-0.2, 0) is 22.4 Å². The van der Waals surface area contributed by atoms with Gasteiger partial charge in [0.2, 0.25) is 5.24 Å². The number of carboxylic acid groups (broad SMARTS) is 1. The maximum atomic E-state index is 10.6. The van der Waals surface area contributed by atoms with Crippen molar-refractivity contribution in [1.82, 2.24) is 0 Å². The first kappa shape index (κ1) is 25.1. The summed E-state index contributed by atoms with van der Waals surface area (Å²) in [6.45, 7) is 0. The Balaban J connectivity index is 0.000000300. The molecule has 1 N–H and O–H groups in total. The van der Waals surface area contributed by atoms with Gasteiger partial charge in [-0.1, -0.05) is 12.1 Å². The summed E-state index contributed by atoms with van der Waals surface area (Å²) in [6.07, 6.45) is 1.56. The van der Waals surface area contributed by atoms with Gasteiger partial charge >= 0.3 is 5.97 Å². The predicted molar refractivity (Wildman–Crippen MR) is 114 cm³/mol. The number of carbonyl (C=O) groups excluding carboxylic acids is 1. The number of carbonyl (C=O) groups is 2. The molecule has 0 bridgehead atoms. The molecule has 0 unspecified atom stereocenters. The lowest BCUT2D eigenvalue weighted by Crippen LogP contribution is -1.98. The van der Waals surface area contributed by atoms with E-state index in [9.17, 15) is 9.59 Å². The minimum absolute atomic E-state index is 0.121. The van der Waals surface area contributed by atoms with E-state index in [1.165, 1.54) is 0 Å². The molecule has 0 saturated heterocycles. The first-order valence-corrected chi connectivity index (χ1v) is 9.54. The van der Waals surface area contributed by atoms with Crippen molar-refractivity contribution in [3.05, 3.63) is 47.5 Å². The minimum atomic E-state index is -0.801. The topological polar surface area (TPSA) is 91.3 Å². The first-order chi connectivity index (χ1) is 14.3. The van der Waals surface area contributed by atoms with Crippen LogP contribution in [0.15, 0.2) is 36.4 Å². The average Bonchev–Trinajstić information content (AvgIpc) is 2.76. The average molecular weight is 439 g/mol. The molecule has 0 spiro atoms. The number of aryl methyl sites for hydroxylation is 2. The van der Waals surface area contributed by atoms with Gasteiger partial charge in [-0.05, 0) is 59.8 Å². The van der Waals surface area contributed by atoms with E-state index in [2.05, 4.69) is 0 Å². The van der Waals surface area contributed by atoms with Crippen LogP contribution in [0.25, 0.3) is 0 Å². The number of hydrogen-bond acceptors (Lipinski definition) is 6. The molecule has 2 aromatic carbocycles. The van der Waals surface area contributed by atoms with Crippen LogP contribution < -0.4 is 18.9 Å². The summed E-state index contributed by atoms with van der Waals surface area (Å²) >= 11 is 5.27. The first-order valence-electron chi connectivity index (χ1n) is 9.16. The van der Waals surface area contributed by atoms with Crippen molar-refractivity contribution in [2.75, 3.05) is 28.4 Å². The van der Waals surface area contributed by atoms with Gasteiger partial charge in [-0.3, -0.25) is 9.59 Å². The number of methoxy groups -OCH3 is 4. The Morgan fingerprint density at radius 3 is 1.47 bits per heavy atom. The lowest BCUT2D eigenvalue weighted by molar-refractivity contribution is -0.137. The molecule has 0 heterocycles. The molecule has 164 valence electrons. The lowest BCUT2D eigenvalue weighted by Gasteiger charge is -2.08. The van der Waals surface area contributed by atoms with Crippen LogP contribution in [0, 0.1) is 0 Å². The van der Waals surface area contributed by atoms with Gasteiger partial charge in [0.1, 0.15) is 0 Å². The zero-order valence-corrected chi connectivity index (χ0v) is 18.3. The number of carboxylic acids is 1. The largest absolute Gasteiger partial charge is 0.493 e. The summed E-state index contributed by atoms with van der Waals surface area (Å²) in [4.78, 5) is 21.0. The highest BCUT2D eigenvalue weighted by molar-refractivity contribution is 6.63. The molecule has 0 aliphatic heterocycles. The van der Waals surface area contributed by atoms with Gasteiger partial charge in [0.15, 0.2) is 23.0 Å². The van der Waals surface area contributed by atoms with Gasteiger partial charge in [-0.25, -0.2) is 0 Å². The molecule has 0 aliphatic rings. The SMILES string of the molecule is COc1ccc(CCC(=O)Cl)cc1OC.COc1ccc(CCC(=O)O)cc1OC. The molecule has 0 amide bonds. The molecule has 0 fully saturated rings. The van der Waals surface area contributed by atoms with Gasteiger partial charge in [0.05, 0.1) is 28.4 Å². The van der Waals surface area contributed by atoms with Crippen LogP contribution in [0.1, 0.15) is 24.0 Å². The third kappa shape index (κ3) is 8.61. The standard InChI is InChI=1S/C11H13ClO3.C11H14O4/c2*1-14-9-5-3-8(4-6-11(12)13)7-10(9)15-2/h3,5,7H,4,6H2,1-2H3;3,5,7H,4,6H2,1-2H3,(H,12,13). The fraction of sp³-hybridized carbons (Fsp3) is 0.364. The van der Waals surface area contributed by atoms with E-state index in [1.54, 1.807) is 40.6 Å². The fourth-order valence-corrected chi connectivity index (χ4v) is 2.66. The molecule has 2 rings (SSSR count). The minimum Gasteiger partial charge on any atom is -0.493 e. The summed E-state index contributed by atoms with van der Waals surface area (Å²) < 4.78 is 20.4. The van der Waals surface area contributed by atoms with Crippen molar-refractivity contribution in [2.45, 2.75) is 25.7 Å². The Morgan fingerprint density at radius 2 is 1.13 bits per heavy atom. The molecule has 0 aromatic heterocycles. The molecule has 2 aromatic rings. The third-order valence-electron chi connectivity index (χ3n) is 4.13. The van der Waals surface area contributed by atoms with Gasteiger partial charge in [0.25, 0.3) is 0 Å². The maximum absolute atomic E-state index is 10.6. The Bertz CT molecular complexity index is 767. The van der Waals surface area contributed by atoms with Crippen molar-refractivity contribution < 1.29 is 33.6 Å². The van der Waals surface area contributed by atoms with Gasteiger partial charge in [-0.15, -0.1) is 0 Å². The summed E-state index contributed by atoms with van der Waals surface area (Å²) in [7, 11) is 6.28. The Labute approximate surface area is 181 Å². The number of aliphatic carboxylic acids is 1. The normalized spacial score (nSPS) is 9.77. The van der Waals surface area contributed by atoms with Crippen molar-refractivity contribution >= 4 is 22.8 Å². The van der Waals surface area contributed by atoms with E-state index in [-0.39, 0.29) is 11.7 Å². The quantitative estimate of drug-likeness (QED) is 0.558. The number of rotatable bonds is 10. The van der Waals surface area contributed by atoms with Crippen LogP contribution >= 0.6 is 11.6 Å². The highest BCUT2D eigenvalue weighted by atomic mass is 35.5. The number of ether oxygens (including phenoxy) is 4. The Hall–Kier alpha value is -2.93. The second-order valence-electron chi connectivity index (χ2n) is 6.13. The van der Waals surface area contributed by atoms with Crippen LogP contribution in [0.5, 0.6) is 23.0 Å². The number of hydrogen-bond donors (Lipinski definition) is 1. The maximum Gasteiger partial charge on any atom is 0.303 e. The van der Waals surface area contributed by atoms with E-state index in [4.69, 9.17) is 35.7 Å². The van der Waals surface area contributed by atoms with Crippen molar-refractivity contribution in [3.8, 4) is 23.0 Å². The van der Waals surface area contributed by atoms with E-state index < -0.39 is 5.97 Å². The number of halogens is 1. The summed E-state index contributed by atoms with van der Waals surface area (Å²) in [5.41, 5.74) is 1.93.